The molecule has 168 valence electrons. The van der Waals surface area contributed by atoms with Crippen molar-refractivity contribution in [3.8, 4) is 23.7 Å². The van der Waals surface area contributed by atoms with Crippen molar-refractivity contribution in [3.63, 3.8) is 0 Å². The van der Waals surface area contributed by atoms with Gasteiger partial charge in [0.1, 0.15) is 22.9 Å². The Morgan fingerprint density at radius 2 is 2.19 bits per heavy atom. The van der Waals surface area contributed by atoms with Crippen LogP contribution in [0.25, 0.3) is 0 Å². The summed E-state index contributed by atoms with van der Waals surface area (Å²) in [7, 11) is -2.80. The fourth-order valence-electron chi connectivity index (χ4n) is 2.85. The number of primary sulfonamides is 1. The number of halogens is 1. The fraction of sp³-hybridized carbons (Fsp3) is 0.333. The summed E-state index contributed by atoms with van der Waals surface area (Å²) in [4.78, 5) is 12.5. The summed E-state index contributed by atoms with van der Waals surface area (Å²) in [5.74, 6) is 4.17. The molecule has 1 aromatic carbocycles. The van der Waals surface area contributed by atoms with Crippen LogP contribution in [0.4, 0.5) is 10.1 Å². The van der Waals surface area contributed by atoms with E-state index in [2.05, 4.69) is 17.2 Å². The molecule has 32 heavy (non-hydrogen) atoms. The van der Waals surface area contributed by atoms with E-state index in [1.807, 2.05) is 0 Å². The zero-order valence-electron chi connectivity index (χ0n) is 17.1. The number of aryl methyl sites for hydroxylation is 1. The number of carbonyl (C=O) groups excluding carboxylic acids is 1. The number of carbonyl (C=O) groups is 1. The Hall–Kier alpha value is -3.38. The first kappa shape index (κ1) is 23.3. The van der Waals surface area contributed by atoms with Gasteiger partial charge in [-0.05, 0) is 31.0 Å². The Morgan fingerprint density at radius 1 is 1.47 bits per heavy atom. The molecule has 3 rings (SSSR count). The van der Waals surface area contributed by atoms with E-state index < -0.39 is 32.7 Å². The summed E-state index contributed by atoms with van der Waals surface area (Å²) < 4.78 is 44.3. The number of hydrogen-bond donors (Lipinski definition) is 3. The SMILES string of the molecule is Cn1cc(S(N)(=O)=O)c(OCC[C@H](O)C#CC2CC2)c1C(=O)Nc1ccc(F)c(C#N)c1. The number of nitriles is 1. The molecule has 2 aromatic rings. The molecule has 1 heterocycles. The minimum atomic E-state index is -4.23. The molecular weight excluding hydrogens is 439 g/mol. The van der Waals surface area contributed by atoms with Crippen LogP contribution in [0.15, 0.2) is 29.3 Å². The summed E-state index contributed by atoms with van der Waals surface area (Å²) in [6.45, 7) is -0.123. The van der Waals surface area contributed by atoms with Crippen LogP contribution in [-0.2, 0) is 17.1 Å². The average molecular weight is 460 g/mol. The number of aromatic nitrogens is 1. The second kappa shape index (κ2) is 9.40. The molecule has 4 N–H and O–H groups in total. The molecule has 1 aromatic heterocycles. The molecule has 1 atom stereocenters. The van der Waals surface area contributed by atoms with Crippen LogP contribution in [0.2, 0.25) is 0 Å². The minimum absolute atomic E-state index is 0.0865. The maximum atomic E-state index is 13.5. The third kappa shape index (κ3) is 5.65. The lowest BCUT2D eigenvalue weighted by Gasteiger charge is -2.12. The molecule has 0 spiro atoms. The van der Waals surface area contributed by atoms with Gasteiger partial charge in [-0.15, -0.1) is 0 Å². The first-order valence-corrected chi connectivity index (χ1v) is 11.2. The number of aliphatic hydroxyl groups excluding tert-OH is 1. The highest BCUT2D eigenvalue weighted by molar-refractivity contribution is 7.89. The first-order chi connectivity index (χ1) is 15.1. The number of benzene rings is 1. The number of nitrogens with two attached hydrogens (primary N) is 1. The molecular formula is C21H21FN4O5S. The van der Waals surface area contributed by atoms with Gasteiger partial charge in [0, 0.05) is 31.3 Å². The van der Waals surface area contributed by atoms with Gasteiger partial charge in [0.05, 0.1) is 12.2 Å². The van der Waals surface area contributed by atoms with E-state index in [9.17, 15) is 22.7 Å². The average Bonchev–Trinajstić information content (AvgIpc) is 3.49. The minimum Gasteiger partial charge on any atom is -0.490 e. The van der Waals surface area contributed by atoms with Crippen molar-refractivity contribution in [2.45, 2.75) is 30.3 Å². The fourth-order valence-corrected chi connectivity index (χ4v) is 3.57. The molecule has 1 aliphatic rings. The molecule has 1 amide bonds. The normalized spacial score (nSPS) is 14.1. The lowest BCUT2D eigenvalue weighted by Crippen LogP contribution is -2.19. The van der Waals surface area contributed by atoms with Gasteiger partial charge in [-0.25, -0.2) is 17.9 Å². The van der Waals surface area contributed by atoms with Crippen molar-refractivity contribution >= 4 is 21.6 Å². The van der Waals surface area contributed by atoms with Gasteiger partial charge in [-0.2, -0.15) is 5.26 Å². The molecule has 0 radical (unpaired) electrons. The van der Waals surface area contributed by atoms with Gasteiger partial charge >= 0.3 is 0 Å². The van der Waals surface area contributed by atoms with E-state index in [4.69, 9.17) is 15.1 Å². The van der Waals surface area contributed by atoms with Gasteiger partial charge in [0.15, 0.2) is 11.4 Å². The quantitative estimate of drug-likeness (QED) is 0.533. The lowest BCUT2D eigenvalue weighted by molar-refractivity contribution is 0.101. The second-order valence-corrected chi connectivity index (χ2v) is 8.83. The van der Waals surface area contributed by atoms with E-state index in [1.165, 1.54) is 17.7 Å². The number of ether oxygens (including phenoxy) is 1. The van der Waals surface area contributed by atoms with E-state index in [0.29, 0.717) is 5.92 Å². The van der Waals surface area contributed by atoms with E-state index >= 15 is 0 Å². The largest absolute Gasteiger partial charge is 0.490 e. The predicted molar refractivity (Wildman–Crippen MR) is 112 cm³/mol. The van der Waals surface area contributed by atoms with Crippen molar-refractivity contribution in [2.24, 2.45) is 18.1 Å². The third-order valence-corrected chi connectivity index (χ3v) is 5.54. The van der Waals surface area contributed by atoms with Crippen molar-refractivity contribution in [3.05, 3.63) is 41.5 Å². The number of hydrogen-bond acceptors (Lipinski definition) is 6. The second-order valence-electron chi connectivity index (χ2n) is 7.30. The van der Waals surface area contributed by atoms with Gasteiger partial charge in [0.25, 0.3) is 5.91 Å². The van der Waals surface area contributed by atoms with Crippen LogP contribution in [0.5, 0.6) is 5.75 Å². The van der Waals surface area contributed by atoms with Crippen LogP contribution < -0.4 is 15.2 Å². The highest BCUT2D eigenvalue weighted by Crippen LogP contribution is 2.31. The Bertz CT molecular complexity index is 1250. The molecule has 0 bridgehead atoms. The number of amides is 1. The summed E-state index contributed by atoms with van der Waals surface area (Å²) in [6.07, 6.45) is 2.29. The zero-order valence-corrected chi connectivity index (χ0v) is 17.9. The van der Waals surface area contributed by atoms with Crippen LogP contribution in [-0.4, -0.2) is 36.7 Å². The Labute approximate surface area is 184 Å². The molecule has 1 aliphatic carbocycles. The summed E-state index contributed by atoms with van der Waals surface area (Å²) >= 11 is 0. The molecule has 1 saturated carbocycles. The van der Waals surface area contributed by atoms with E-state index in [1.54, 1.807) is 6.07 Å². The monoisotopic (exact) mass is 460 g/mol. The molecule has 0 aliphatic heterocycles. The standard InChI is InChI=1S/C21H21FN4O5S/c1-26-12-18(32(24,29)30)20(31-9-8-16(27)6-4-13-2-3-13)19(26)21(28)25-15-5-7-17(22)14(10-15)11-23/h5,7,10,12-13,16,27H,2-3,8-9H2,1H3,(H,25,28)(H2,24,29,30)/t16-/m1/s1. The first-order valence-electron chi connectivity index (χ1n) is 9.65. The molecule has 0 saturated heterocycles. The molecule has 0 unspecified atom stereocenters. The van der Waals surface area contributed by atoms with Crippen LogP contribution >= 0.6 is 0 Å². The topological polar surface area (TPSA) is 147 Å². The van der Waals surface area contributed by atoms with Crippen LogP contribution in [0, 0.1) is 34.9 Å². The smallest absolute Gasteiger partial charge is 0.276 e. The van der Waals surface area contributed by atoms with E-state index in [0.717, 1.165) is 31.2 Å². The summed E-state index contributed by atoms with van der Waals surface area (Å²) in [5.41, 5.74) is -0.295. The number of nitrogens with zero attached hydrogens (tertiary/aromatic N) is 2. The number of sulfonamides is 1. The van der Waals surface area contributed by atoms with Crippen molar-refractivity contribution in [1.29, 1.82) is 5.26 Å². The third-order valence-electron chi connectivity index (χ3n) is 4.64. The zero-order chi connectivity index (χ0) is 23.5. The Morgan fingerprint density at radius 3 is 2.81 bits per heavy atom. The predicted octanol–water partition coefficient (Wildman–Crippen LogP) is 1.48. The number of anilines is 1. The lowest BCUT2D eigenvalue weighted by atomic mass is 10.2. The summed E-state index contributed by atoms with van der Waals surface area (Å²) in [6, 6.07) is 5.09. The number of nitrogens with one attached hydrogen (secondary N) is 1. The molecule has 9 nitrogen and oxygen atoms in total. The highest BCUT2D eigenvalue weighted by atomic mass is 32.2. The van der Waals surface area contributed by atoms with Crippen LogP contribution in [0.3, 0.4) is 0 Å². The highest BCUT2D eigenvalue weighted by Gasteiger charge is 2.28. The van der Waals surface area contributed by atoms with Crippen molar-refractivity contribution < 1.29 is 27.4 Å². The van der Waals surface area contributed by atoms with Crippen molar-refractivity contribution in [1.82, 2.24) is 4.57 Å². The maximum absolute atomic E-state index is 13.5. The number of aliphatic hydroxyl groups is 1. The Kier molecular flexibility index (Phi) is 6.84. The van der Waals surface area contributed by atoms with Gasteiger partial charge in [0.2, 0.25) is 10.0 Å². The van der Waals surface area contributed by atoms with Gasteiger partial charge in [-0.1, -0.05) is 11.8 Å². The van der Waals surface area contributed by atoms with Crippen molar-refractivity contribution in [2.75, 3.05) is 11.9 Å². The van der Waals surface area contributed by atoms with Gasteiger partial charge in [-0.3, -0.25) is 4.79 Å². The Balaban J connectivity index is 1.83. The van der Waals surface area contributed by atoms with E-state index in [-0.39, 0.29) is 35.7 Å². The molecule has 11 heteroatoms. The summed E-state index contributed by atoms with van der Waals surface area (Å²) in [5, 5.41) is 26.6. The molecule has 1 fully saturated rings. The van der Waals surface area contributed by atoms with Gasteiger partial charge < -0.3 is 19.7 Å². The number of rotatable bonds is 7. The maximum Gasteiger partial charge on any atom is 0.276 e. The van der Waals surface area contributed by atoms with Crippen LogP contribution in [0.1, 0.15) is 35.3 Å².